The molecule has 2 aromatic carbocycles. The van der Waals surface area contributed by atoms with Crippen molar-refractivity contribution in [2.75, 3.05) is 75.2 Å². The van der Waals surface area contributed by atoms with Crippen LogP contribution >= 0.6 is 23.1 Å². The van der Waals surface area contributed by atoms with Gasteiger partial charge in [-0.25, -0.2) is 9.37 Å². The number of halogens is 2. The van der Waals surface area contributed by atoms with Crippen LogP contribution in [-0.4, -0.2) is 85.6 Å². The third kappa shape index (κ3) is 7.26. The van der Waals surface area contributed by atoms with Crippen LogP contribution in [0.2, 0.25) is 0 Å². The zero-order valence-electron chi connectivity index (χ0n) is 27.7. The van der Waals surface area contributed by atoms with Crippen LogP contribution in [0.4, 0.5) is 33.2 Å². The van der Waals surface area contributed by atoms with Gasteiger partial charge in [-0.05, 0) is 73.1 Å². The summed E-state index contributed by atoms with van der Waals surface area (Å²) >= 11 is 3.53. The molecular formula is C34H43BrFN8O2P. The topological polar surface area (TPSA) is 108 Å². The van der Waals surface area contributed by atoms with Crippen LogP contribution in [0.15, 0.2) is 41.0 Å². The second-order valence-electron chi connectivity index (χ2n) is 12.6. The van der Waals surface area contributed by atoms with E-state index >= 15 is 4.39 Å². The van der Waals surface area contributed by atoms with E-state index in [-0.39, 0.29) is 5.52 Å². The third-order valence-electron chi connectivity index (χ3n) is 9.08. The van der Waals surface area contributed by atoms with Crippen LogP contribution in [0.1, 0.15) is 31.0 Å². The van der Waals surface area contributed by atoms with Gasteiger partial charge in [0.2, 0.25) is 5.95 Å². The first kappa shape index (κ1) is 33.6. The molecule has 2 aliphatic rings. The number of aryl methyl sites for hydroxylation is 2. The van der Waals surface area contributed by atoms with E-state index in [1.807, 2.05) is 0 Å². The molecule has 3 N–H and O–H groups in total. The Hall–Kier alpha value is -3.31. The van der Waals surface area contributed by atoms with E-state index in [0.29, 0.717) is 50.1 Å². The molecule has 0 atom stereocenters. The highest BCUT2D eigenvalue weighted by Crippen LogP contribution is 2.43. The van der Waals surface area contributed by atoms with Gasteiger partial charge in [-0.1, -0.05) is 13.0 Å². The van der Waals surface area contributed by atoms with E-state index in [1.54, 1.807) is 45.7 Å². The first-order valence-electron chi connectivity index (χ1n) is 16.2. The number of ether oxygens (including phenoxy) is 1. The summed E-state index contributed by atoms with van der Waals surface area (Å²) < 4.78 is 35.3. The summed E-state index contributed by atoms with van der Waals surface area (Å²) in [5.74, 6) is 0.922. The molecule has 0 saturated carbocycles. The highest BCUT2D eigenvalue weighted by molar-refractivity contribution is 9.10. The molecule has 0 unspecified atom stereocenters. The number of aromatic nitrogens is 3. The van der Waals surface area contributed by atoms with Gasteiger partial charge in [0.1, 0.15) is 24.2 Å². The Balaban J connectivity index is 1.26. The van der Waals surface area contributed by atoms with Crippen LogP contribution in [-0.2, 0) is 11.0 Å². The van der Waals surface area contributed by atoms with E-state index < -0.39 is 13.0 Å². The molecule has 10 nitrogen and oxygen atoms in total. The minimum absolute atomic E-state index is 0.199. The SMILES string of the molecule is CCc1cc(Nc2ncc(Br)c(Nc3cc(F)c4nc(C)ccc4c3P(C)(C)=O)n2)c(OC)cc1N1CCC(N2CCNCC2)CC1. The fraction of sp³-hybridized carbons (Fsp3) is 0.441. The lowest BCUT2D eigenvalue weighted by molar-refractivity contribution is 0.150. The number of piperidine rings is 1. The van der Waals surface area contributed by atoms with Crippen molar-refractivity contribution in [1.82, 2.24) is 25.2 Å². The van der Waals surface area contributed by atoms with E-state index in [9.17, 15) is 4.57 Å². The molecule has 13 heteroatoms. The van der Waals surface area contributed by atoms with E-state index in [2.05, 4.69) is 70.7 Å². The van der Waals surface area contributed by atoms with Gasteiger partial charge in [0.15, 0.2) is 5.82 Å². The minimum Gasteiger partial charge on any atom is -0.494 e. The number of hydrogen-bond acceptors (Lipinski definition) is 10. The molecule has 250 valence electrons. The molecule has 0 amide bonds. The number of methoxy groups -OCH3 is 1. The molecule has 2 aromatic heterocycles. The maximum atomic E-state index is 15.3. The molecule has 2 aliphatic heterocycles. The van der Waals surface area contributed by atoms with Crippen molar-refractivity contribution in [3.8, 4) is 5.75 Å². The standard InChI is InChI=1S/C34H43BrFN8O2P/c1-6-22-17-27(30(46-3)19-29(22)44-13-9-23(10-14-44)43-15-11-37-12-16-43)41-34-38-20-25(35)33(42-34)40-28-18-26(36)31-24(8-7-21(2)39-31)32(28)47(4,5)45/h7-8,17-20,23,37H,6,9-16H2,1-5H3,(H2,38,40,41,42). The number of nitrogens with zero attached hydrogens (tertiary/aromatic N) is 5. The summed E-state index contributed by atoms with van der Waals surface area (Å²) in [4.78, 5) is 18.7. The van der Waals surface area contributed by atoms with Gasteiger partial charge in [-0.15, -0.1) is 0 Å². The number of fused-ring (bicyclic) bond motifs is 1. The summed E-state index contributed by atoms with van der Waals surface area (Å²) in [6.07, 6.45) is 4.79. The molecule has 4 aromatic rings. The lowest BCUT2D eigenvalue weighted by Gasteiger charge is -2.41. The van der Waals surface area contributed by atoms with Crippen LogP contribution in [0.5, 0.6) is 5.75 Å². The highest BCUT2D eigenvalue weighted by atomic mass is 79.9. The van der Waals surface area contributed by atoms with Crippen molar-refractivity contribution in [3.05, 3.63) is 58.1 Å². The Kier molecular flexibility index (Phi) is 10.0. The number of nitrogens with one attached hydrogen (secondary N) is 3. The van der Waals surface area contributed by atoms with Crippen LogP contribution < -0.4 is 30.9 Å². The average Bonchev–Trinajstić information content (AvgIpc) is 3.06. The first-order valence-corrected chi connectivity index (χ1v) is 19.6. The summed E-state index contributed by atoms with van der Waals surface area (Å²) in [5, 5.41) is 11.1. The predicted octanol–water partition coefficient (Wildman–Crippen LogP) is 6.42. The van der Waals surface area contributed by atoms with Crippen molar-refractivity contribution >= 4 is 68.1 Å². The number of piperazine rings is 1. The molecule has 47 heavy (non-hydrogen) atoms. The fourth-order valence-electron chi connectivity index (χ4n) is 6.75. The Morgan fingerprint density at radius 3 is 2.49 bits per heavy atom. The van der Waals surface area contributed by atoms with Crippen LogP contribution in [0, 0.1) is 12.7 Å². The molecule has 0 bridgehead atoms. The van der Waals surface area contributed by atoms with Gasteiger partial charge in [-0.3, -0.25) is 9.88 Å². The molecule has 6 rings (SSSR count). The van der Waals surface area contributed by atoms with Crippen LogP contribution in [0.3, 0.4) is 0 Å². The number of rotatable bonds is 9. The number of pyridine rings is 1. The van der Waals surface area contributed by atoms with Gasteiger partial charge in [-0.2, -0.15) is 4.98 Å². The largest absolute Gasteiger partial charge is 0.494 e. The zero-order chi connectivity index (χ0) is 33.3. The molecule has 2 saturated heterocycles. The fourth-order valence-corrected chi connectivity index (χ4v) is 8.51. The second kappa shape index (κ2) is 14.0. The Bertz CT molecular complexity index is 1820. The van der Waals surface area contributed by atoms with Crippen molar-refractivity contribution in [3.63, 3.8) is 0 Å². The molecule has 0 spiro atoms. The Labute approximate surface area is 284 Å². The van der Waals surface area contributed by atoms with Crippen LogP contribution in [0.25, 0.3) is 10.9 Å². The summed E-state index contributed by atoms with van der Waals surface area (Å²) in [7, 11) is -1.20. The lowest BCUT2D eigenvalue weighted by atomic mass is 9.99. The zero-order valence-corrected chi connectivity index (χ0v) is 30.1. The minimum atomic E-state index is -2.87. The smallest absolute Gasteiger partial charge is 0.229 e. The molecule has 0 aliphatic carbocycles. The molecule has 4 heterocycles. The third-order valence-corrected chi connectivity index (χ3v) is 11.2. The van der Waals surface area contributed by atoms with Gasteiger partial charge in [0.05, 0.1) is 23.0 Å². The van der Waals surface area contributed by atoms with Gasteiger partial charge >= 0.3 is 0 Å². The first-order chi connectivity index (χ1) is 22.5. The maximum absolute atomic E-state index is 15.3. The molecule has 2 fully saturated rings. The number of anilines is 5. The van der Waals surface area contributed by atoms with Gasteiger partial charge in [0, 0.05) is 85.7 Å². The van der Waals surface area contributed by atoms with Gasteiger partial charge in [0.25, 0.3) is 0 Å². The van der Waals surface area contributed by atoms with Crippen molar-refractivity contribution < 1.29 is 13.7 Å². The number of hydrogen-bond donors (Lipinski definition) is 3. The molecule has 0 radical (unpaired) electrons. The number of benzene rings is 2. The summed E-state index contributed by atoms with van der Waals surface area (Å²) in [6.45, 7) is 13.7. The lowest BCUT2D eigenvalue weighted by Crippen LogP contribution is -2.52. The maximum Gasteiger partial charge on any atom is 0.229 e. The normalized spacial score (nSPS) is 16.4. The Morgan fingerprint density at radius 1 is 1.06 bits per heavy atom. The highest BCUT2D eigenvalue weighted by Gasteiger charge is 2.28. The van der Waals surface area contributed by atoms with Crippen molar-refractivity contribution in [2.45, 2.75) is 39.2 Å². The quantitative estimate of drug-likeness (QED) is 0.168. The molecular weight excluding hydrogens is 682 g/mol. The van der Waals surface area contributed by atoms with E-state index in [4.69, 9.17) is 9.72 Å². The summed E-state index contributed by atoms with van der Waals surface area (Å²) in [5.41, 5.74) is 4.42. The average molecular weight is 726 g/mol. The second-order valence-corrected chi connectivity index (χ2v) is 16.6. The summed E-state index contributed by atoms with van der Waals surface area (Å²) in [6, 6.07) is 9.79. The van der Waals surface area contributed by atoms with Gasteiger partial charge < -0.3 is 30.2 Å². The Morgan fingerprint density at radius 2 is 1.81 bits per heavy atom. The monoisotopic (exact) mass is 724 g/mol. The predicted molar refractivity (Wildman–Crippen MR) is 194 cm³/mol. The van der Waals surface area contributed by atoms with Crippen molar-refractivity contribution in [1.29, 1.82) is 0 Å². The van der Waals surface area contributed by atoms with E-state index in [1.165, 1.54) is 17.3 Å². The van der Waals surface area contributed by atoms with Crippen molar-refractivity contribution in [2.24, 2.45) is 0 Å². The van der Waals surface area contributed by atoms with E-state index in [0.717, 1.165) is 64.2 Å².